The van der Waals surface area contributed by atoms with Crippen LogP contribution in [0, 0.1) is 0 Å². The molecule has 0 aliphatic heterocycles. The van der Waals surface area contributed by atoms with Crippen molar-refractivity contribution in [3.05, 3.63) is 42.0 Å². The zero-order valence-corrected chi connectivity index (χ0v) is 11.7. The largest absolute Gasteiger partial charge is 0.496 e. The molecule has 0 spiro atoms. The number of hydrogen-bond acceptors (Lipinski definition) is 3. The lowest BCUT2D eigenvalue weighted by Gasteiger charge is -2.20. The van der Waals surface area contributed by atoms with Crippen molar-refractivity contribution in [1.82, 2.24) is 0 Å². The first-order valence-corrected chi connectivity index (χ1v) is 6.60. The molecule has 0 heterocycles. The van der Waals surface area contributed by atoms with Gasteiger partial charge < -0.3 is 14.2 Å². The van der Waals surface area contributed by atoms with E-state index in [-0.39, 0.29) is 6.29 Å². The molecule has 2 aromatic carbocycles. The predicted molar refractivity (Wildman–Crippen MR) is 76.5 cm³/mol. The van der Waals surface area contributed by atoms with Gasteiger partial charge in [-0.15, -0.1) is 0 Å². The SMILES string of the molecule is CCOC(OCC)c1ccc(OC)c2ccccc12. The molecule has 0 aliphatic rings. The van der Waals surface area contributed by atoms with Gasteiger partial charge in [0.15, 0.2) is 6.29 Å². The highest BCUT2D eigenvalue weighted by Gasteiger charge is 2.16. The third-order valence-corrected chi connectivity index (χ3v) is 3.03. The second-order valence-electron chi connectivity index (χ2n) is 4.15. The van der Waals surface area contributed by atoms with Crippen molar-refractivity contribution >= 4 is 10.8 Å². The molecule has 3 heteroatoms. The summed E-state index contributed by atoms with van der Waals surface area (Å²) in [7, 11) is 1.68. The highest BCUT2D eigenvalue weighted by molar-refractivity contribution is 5.91. The molecule has 0 N–H and O–H groups in total. The number of ether oxygens (including phenoxy) is 3. The molecule has 0 saturated carbocycles. The van der Waals surface area contributed by atoms with Crippen LogP contribution in [-0.2, 0) is 9.47 Å². The molecule has 0 atom stereocenters. The van der Waals surface area contributed by atoms with Gasteiger partial charge in [0, 0.05) is 24.2 Å². The average molecular weight is 260 g/mol. The predicted octanol–water partition coefficient (Wildman–Crippen LogP) is 3.92. The van der Waals surface area contributed by atoms with Gasteiger partial charge in [-0.05, 0) is 31.4 Å². The topological polar surface area (TPSA) is 27.7 Å². The van der Waals surface area contributed by atoms with Gasteiger partial charge in [0.25, 0.3) is 0 Å². The fourth-order valence-corrected chi connectivity index (χ4v) is 2.21. The van der Waals surface area contributed by atoms with Gasteiger partial charge in [0.2, 0.25) is 0 Å². The van der Waals surface area contributed by atoms with E-state index >= 15 is 0 Å². The van der Waals surface area contributed by atoms with Crippen molar-refractivity contribution in [2.75, 3.05) is 20.3 Å². The van der Waals surface area contributed by atoms with E-state index in [0.717, 1.165) is 22.1 Å². The van der Waals surface area contributed by atoms with Crippen molar-refractivity contribution in [3.8, 4) is 5.75 Å². The van der Waals surface area contributed by atoms with Gasteiger partial charge in [-0.3, -0.25) is 0 Å². The number of benzene rings is 2. The summed E-state index contributed by atoms with van der Waals surface area (Å²) in [4.78, 5) is 0. The van der Waals surface area contributed by atoms with Crippen LogP contribution < -0.4 is 4.74 Å². The molecule has 0 bridgehead atoms. The lowest BCUT2D eigenvalue weighted by atomic mass is 10.0. The van der Waals surface area contributed by atoms with E-state index in [1.807, 2.05) is 44.2 Å². The minimum Gasteiger partial charge on any atom is -0.496 e. The molecular weight excluding hydrogens is 240 g/mol. The Hall–Kier alpha value is -1.58. The first-order chi connectivity index (χ1) is 9.31. The summed E-state index contributed by atoms with van der Waals surface area (Å²) >= 11 is 0. The maximum Gasteiger partial charge on any atom is 0.184 e. The third kappa shape index (κ3) is 2.88. The highest BCUT2D eigenvalue weighted by Crippen LogP contribution is 2.33. The molecule has 0 amide bonds. The zero-order chi connectivity index (χ0) is 13.7. The molecule has 19 heavy (non-hydrogen) atoms. The summed E-state index contributed by atoms with van der Waals surface area (Å²) < 4.78 is 16.8. The molecule has 2 aromatic rings. The summed E-state index contributed by atoms with van der Waals surface area (Å²) in [5, 5.41) is 2.18. The van der Waals surface area contributed by atoms with E-state index in [2.05, 4.69) is 6.07 Å². The van der Waals surface area contributed by atoms with Crippen molar-refractivity contribution in [3.63, 3.8) is 0 Å². The lowest BCUT2D eigenvalue weighted by molar-refractivity contribution is -0.139. The summed E-state index contributed by atoms with van der Waals surface area (Å²) in [5.74, 6) is 0.867. The summed E-state index contributed by atoms with van der Waals surface area (Å²) in [5.41, 5.74) is 1.04. The molecule has 2 rings (SSSR count). The van der Waals surface area contributed by atoms with Gasteiger partial charge in [-0.1, -0.05) is 24.3 Å². The highest BCUT2D eigenvalue weighted by atomic mass is 16.7. The van der Waals surface area contributed by atoms with Crippen LogP contribution in [0.5, 0.6) is 5.75 Å². The summed E-state index contributed by atoms with van der Waals surface area (Å²) in [6.07, 6.45) is -0.328. The Labute approximate surface area is 114 Å². The van der Waals surface area contributed by atoms with Crippen molar-refractivity contribution in [1.29, 1.82) is 0 Å². The molecule has 0 saturated heterocycles. The van der Waals surface area contributed by atoms with Crippen LogP contribution in [-0.4, -0.2) is 20.3 Å². The first-order valence-electron chi connectivity index (χ1n) is 6.60. The Morgan fingerprint density at radius 3 is 2.11 bits per heavy atom. The van der Waals surface area contributed by atoms with E-state index < -0.39 is 0 Å². The molecule has 3 nitrogen and oxygen atoms in total. The normalized spacial score (nSPS) is 11.2. The smallest absolute Gasteiger partial charge is 0.184 e. The maximum atomic E-state index is 5.69. The second kappa shape index (κ2) is 6.55. The van der Waals surface area contributed by atoms with Gasteiger partial charge >= 0.3 is 0 Å². The van der Waals surface area contributed by atoms with Crippen LogP contribution >= 0.6 is 0 Å². The number of fused-ring (bicyclic) bond motifs is 1. The third-order valence-electron chi connectivity index (χ3n) is 3.03. The fourth-order valence-electron chi connectivity index (χ4n) is 2.21. The molecule has 102 valence electrons. The second-order valence-corrected chi connectivity index (χ2v) is 4.15. The minimum absolute atomic E-state index is 0.328. The van der Waals surface area contributed by atoms with Crippen LogP contribution in [0.2, 0.25) is 0 Å². The maximum absolute atomic E-state index is 5.69. The monoisotopic (exact) mass is 260 g/mol. The van der Waals surface area contributed by atoms with Crippen molar-refractivity contribution in [2.45, 2.75) is 20.1 Å². The van der Waals surface area contributed by atoms with E-state index in [1.54, 1.807) is 7.11 Å². The van der Waals surface area contributed by atoms with E-state index in [0.29, 0.717) is 13.2 Å². The molecule has 0 aromatic heterocycles. The summed E-state index contributed by atoms with van der Waals surface area (Å²) in [6, 6.07) is 12.1. The molecule has 0 fully saturated rings. The van der Waals surface area contributed by atoms with Gasteiger partial charge in [-0.25, -0.2) is 0 Å². The van der Waals surface area contributed by atoms with Gasteiger partial charge in [-0.2, -0.15) is 0 Å². The molecular formula is C16H20O3. The lowest BCUT2D eigenvalue weighted by Crippen LogP contribution is -2.09. The van der Waals surface area contributed by atoms with Crippen molar-refractivity contribution < 1.29 is 14.2 Å². The summed E-state index contributed by atoms with van der Waals surface area (Å²) in [6.45, 7) is 5.17. The average Bonchev–Trinajstić information content (AvgIpc) is 2.46. The first kappa shape index (κ1) is 13.8. The van der Waals surface area contributed by atoms with Gasteiger partial charge in [0.1, 0.15) is 5.75 Å². The fraction of sp³-hybridized carbons (Fsp3) is 0.375. The Morgan fingerprint density at radius 2 is 1.53 bits per heavy atom. The Morgan fingerprint density at radius 1 is 0.895 bits per heavy atom. The molecule has 0 aliphatic carbocycles. The van der Waals surface area contributed by atoms with Crippen LogP contribution in [0.15, 0.2) is 36.4 Å². The number of hydrogen-bond donors (Lipinski definition) is 0. The number of rotatable bonds is 6. The van der Waals surface area contributed by atoms with E-state index in [1.165, 1.54) is 0 Å². The van der Waals surface area contributed by atoms with Crippen LogP contribution in [0.1, 0.15) is 25.7 Å². The standard InChI is InChI=1S/C16H20O3/c1-4-18-16(19-5-2)14-10-11-15(17-3)13-9-7-6-8-12(13)14/h6-11,16H,4-5H2,1-3H3. The molecule has 0 unspecified atom stereocenters. The van der Waals surface area contributed by atoms with Crippen LogP contribution in [0.3, 0.4) is 0 Å². The Kier molecular flexibility index (Phi) is 4.77. The minimum atomic E-state index is -0.328. The quantitative estimate of drug-likeness (QED) is 0.737. The molecule has 0 radical (unpaired) electrons. The number of methoxy groups -OCH3 is 1. The Bertz CT molecular complexity index is 531. The van der Waals surface area contributed by atoms with E-state index in [4.69, 9.17) is 14.2 Å². The Balaban J connectivity index is 2.53. The zero-order valence-electron chi connectivity index (χ0n) is 11.7. The van der Waals surface area contributed by atoms with Crippen LogP contribution in [0.25, 0.3) is 10.8 Å². The van der Waals surface area contributed by atoms with Crippen molar-refractivity contribution in [2.24, 2.45) is 0 Å². The van der Waals surface area contributed by atoms with Gasteiger partial charge in [0.05, 0.1) is 7.11 Å². The van der Waals surface area contributed by atoms with Crippen LogP contribution in [0.4, 0.5) is 0 Å². The van der Waals surface area contributed by atoms with E-state index in [9.17, 15) is 0 Å².